The second kappa shape index (κ2) is 12.3. The third kappa shape index (κ3) is 5.53. The Morgan fingerprint density at radius 2 is 1.24 bits per heavy atom. The van der Waals surface area contributed by atoms with E-state index in [0.717, 1.165) is 16.7 Å². The quantitative estimate of drug-likeness (QED) is 0.181. The predicted octanol–water partition coefficient (Wildman–Crippen LogP) is 11.7. The van der Waals surface area contributed by atoms with Gasteiger partial charge in [0.15, 0.2) is 17.5 Å². The molecule has 0 fully saturated rings. The molecular formula is C45H31N3O. The fourth-order valence-electron chi connectivity index (χ4n) is 5.80. The molecule has 1 atom stereocenters. The molecule has 0 aliphatic heterocycles. The maximum absolute atomic E-state index is 9.28. The summed E-state index contributed by atoms with van der Waals surface area (Å²) in [5, 5.41) is -0.403. The Labute approximate surface area is 307 Å². The smallest absolute Gasteiger partial charge is 0.164 e. The molecule has 4 heteroatoms. The minimum atomic E-state index is -0.777. The zero-order valence-electron chi connectivity index (χ0n) is 41.5. The van der Waals surface area contributed by atoms with Gasteiger partial charge in [0.25, 0.3) is 0 Å². The number of fused-ring (bicyclic) bond motifs is 3. The van der Waals surface area contributed by atoms with Gasteiger partial charge in [0, 0.05) is 33.4 Å². The molecule has 0 spiro atoms. The number of allylic oxidation sites excluding steroid dienone is 4. The van der Waals surface area contributed by atoms with Gasteiger partial charge in [-0.1, -0.05) is 145 Å². The van der Waals surface area contributed by atoms with Crippen molar-refractivity contribution in [2.24, 2.45) is 0 Å². The zero-order valence-corrected chi connectivity index (χ0v) is 25.5. The molecule has 49 heavy (non-hydrogen) atoms. The van der Waals surface area contributed by atoms with Crippen LogP contribution < -0.4 is 0 Å². The lowest BCUT2D eigenvalue weighted by Gasteiger charge is -2.17. The van der Waals surface area contributed by atoms with E-state index >= 15 is 0 Å². The fourth-order valence-corrected chi connectivity index (χ4v) is 5.80. The average molecular weight is 646 g/mol. The lowest BCUT2D eigenvalue weighted by atomic mass is 9.88. The molecule has 0 radical (unpaired) electrons. The van der Waals surface area contributed by atoms with Crippen LogP contribution in [0.1, 0.15) is 39.8 Å². The Kier molecular flexibility index (Phi) is 4.18. The van der Waals surface area contributed by atoms with Crippen LogP contribution in [0.4, 0.5) is 0 Å². The summed E-state index contributed by atoms with van der Waals surface area (Å²) >= 11 is 0. The van der Waals surface area contributed by atoms with Gasteiger partial charge in [-0.15, -0.1) is 0 Å². The van der Waals surface area contributed by atoms with E-state index in [-0.39, 0.29) is 39.2 Å². The Balaban J connectivity index is 1.41. The molecule has 4 nitrogen and oxygen atoms in total. The molecule has 232 valence electrons. The molecule has 0 saturated heterocycles. The van der Waals surface area contributed by atoms with Gasteiger partial charge in [-0.2, -0.15) is 0 Å². The molecule has 0 saturated carbocycles. The van der Waals surface area contributed by atoms with Crippen LogP contribution in [-0.2, 0) is 0 Å². The van der Waals surface area contributed by atoms with Gasteiger partial charge in [0.1, 0.15) is 11.2 Å². The summed E-state index contributed by atoms with van der Waals surface area (Å²) < 4.78 is 145. The minimum Gasteiger partial charge on any atom is -0.456 e. The van der Waals surface area contributed by atoms with E-state index in [0.29, 0.717) is 12.0 Å². The van der Waals surface area contributed by atoms with Crippen molar-refractivity contribution in [3.63, 3.8) is 0 Å². The molecular weight excluding hydrogens is 599 g/mol. The van der Waals surface area contributed by atoms with E-state index < -0.39 is 125 Å². The number of hydrogen-bond acceptors (Lipinski definition) is 4. The van der Waals surface area contributed by atoms with Crippen molar-refractivity contribution in [2.45, 2.75) is 12.3 Å². The lowest BCUT2D eigenvalue weighted by Crippen LogP contribution is -2.02. The SMILES string of the molecule is [2H]c1c([2H])c([2H])c(-c2c([2H])c([2H])c(-c3nc(-c4cc(-c5ccccc5)cc(C5C=CC=CC5)c4)nc(-c4c([2H])c([2H])c([2H])c5oc6c([2H])c([2H])c([2H])c([2H])c6c45)n3)c([2H])c2[2H])c([2H])c1[2H]. The standard InChI is InChI=1S/C45H31N3O/c1-4-13-30(14-5-1)33-23-25-34(26-24-33)43-46-44(48-45(47-43)39-20-12-22-41-42(39)38-19-10-11-21-40(38)49-41)37-28-35(31-15-6-2-7-16-31)27-36(29-37)32-17-8-3-9-18-32/h1-17,19-29,32H,18H2/i1D,4D,5D,10D,11D,12D,13D,14D,19D,20D,21D,22D,23D,24D,25D,26D. The molecule has 0 bridgehead atoms. The average Bonchev–Trinajstić information content (AvgIpc) is 3.72. The van der Waals surface area contributed by atoms with Gasteiger partial charge < -0.3 is 4.42 Å². The predicted molar refractivity (Wildman–Crippen MR) is 200 cm³/mol. The Morgan fingerprint density at radius 1 is 0.551 bits per heavy atom. The number of furan rings is 1. The van der Waals surface area contributed by atoms with E-state index in [1.54, 1.807) is 6.07 Å². The molecule has 8 aromatic rings. The molecule has 2 heterocycles. The van der Waals surface area contributed by atoms with Crippen molar-refractivity contribution in [1.82, 2.24) is 15.0 Å². The first-order valence-electron chi connectivity index (χ1n) is 23.3. The van der Waals surface area contributed by atoms with Crippen molar-refractivity contribution in [3.8, 4) is 56.4 Å². The van der Waals surface area contributed by atoms with Gasteiger partial charge in [-0.25, -0.2) is 15.0 Å². The number of benzene rings is 6. The third-order valence-electron chi connectivity index (χ3n) is 8.13. The molecule has 2 aromatic heterocycles. The van der Waals surface area contributed by atoms with Crippen LogP contribution in [0.3, 0.4) is 0 Å². The third-order valence-corrected chi connectivity index (χ3v) is 8.13. The highest BCUT2D eigenvalue weighted by molar-refractivity contribution is 6.11. The van der Waals surface area contributed by atoms with E-state index in [9.17, 15) is 4.11 Å². The molecule has 0 N–H and O–H groups in total. The second-order valence-corrected chi connectivity index (χ2v) is 11.2. The summed E-state index contributed by atoms with van der Waals surface area (Å²) in [6.07, 6.45) is 8.58. The minimum absolute atomic E-state index is 0.0867. The molecule has 0 amide bonds. The fraction of sp³-hybridized carbons (Fsp3) is 0.0444. The molecule has 9 rings (SSSR count). The largest absolute Gasteiger partial charge is 0.456 e. The van der Waals surface area contributed by atoms with Crippen LogP contribution in [0, 0.1) is 0 Å². The summed E-state index contributed by atoms with van der Waals surface area (Å²) in [5.74, 6) is -1.06. The summed E-state index contributed by atoms with van der Waals surface area (Å²) in [4.78, 5) is 14.2. The van der Waals surface area contributed by atoms with E-state index in [1.807, 2.05) is 66.8 Å². The summed E-state index contributed by atoms with van der Waals surface area (Å²) in [7, 11) is 0. The van der Waals surface area contributed by atoms with Gasteiger partial charge in [-0.3, -0.25) is 0 Å². The van der Waals surface area contributed by atoms with Crippen LogP contribution in [0.15, 0.2) is 174 Å². The van der Waals surface area contributed by atoms with Gasteiger partial charge in [0.2, 0.25) is 0 Å². The van der Waals surface area contributed by atoms with Crippen LogP contribution in [0.2, 0.25) is 0 Å². The topological polar surface area (TPSA) is 51.8 Å². The Bertz CT molecular complexity index is 3380. The van der Waals surface area contributed by atoms with Gasteiger partial charge in [0.05, 0.1) is 21.9 Å². The zero-order chi connectivity index (χ0) is 46.5. The van der Waals surface area contributed by atoms with Crippen molar-refractivity contribution >= 4 is 21.9 Å². The number of nitrogens with zero attached hydrogens (tertiary/aromatic N) is 3. The molecule has 1 aliphatic rings. The maximum Gasteiger partial charge on any atom is 0.164 e. The molecule has 6 aromatic carbocycles. The van der Waals surface area contributed by atoms with Crippen molar-refractivity contribution in [2.75, 3.05) is 0 Å². The monoisotopic (exact) mass is 645 g/mol. The summed E-state index contributed by atoms with van der Waals surface area (Å²) in [6.45, 7) is 0. The number of aromatic nitrogens is 3. The van der Waals surface area contributed by atoms with E-state index in [1.165, 1.54) is 0 Å². The first kappa shape index (κ1) is 16.6. The van der Waals surface area contributed by atoms with Crippen LogP contribution in [0.25, 0.3) is 78.4 Å². The highest BCUT2D eigenvalue weighted by Crippen LogP contribution is 2.38. The van der Waals surface area contributed by atoms with Crippen molar-refractivity contribution in [1.29, 1.82) is 0 Å². The van der Waals surface area contributed by atoms with Crippen LogP contribution in [-0.4, -0.2) is 15.0 Å². The second-order valence-electron chi connectivity index (χ2n) is 11.2. The van der Waals surface area contributed by atoms with Crippen molar-refractivity contribution < 1.29 is 26.3 Å². The summed E-state index contributed by atoms with van der Waals surface area (Å²) in [5.41, 5.74) is 0.198. The van der Waals surface area contributed by atoms with Gasteiger partial charge in [-0.05, 0) is 58.5 Å². The number of rotatable bonds is 6. The highest BCUT2D eigenvalue weighted by Gasteiger charge is 2.19. The van der Waals surface area contributed by atoms with E-state index in [2.05, 4.69) is 4.98 Å². The normalized spacial score (nSPS) is 18.7. The molecule has 1 unspecified atom stereocenters. The van der Waals surface area contributed by atoms with Crippen molar-refractivity contribution in [3.05, 3.63) is 175 Å². The van der Waals surface area contributed by atoms with Gasteiger partial charge >= 0.3 is 0 Å². The van der Waals surface area contributed by atoms with Crippen LogP contribution >= 0.6 is 0 Å². The summed E-state index contributed by atoms with van der Waals surface area (Å²) in [6, 6.07) is 4.08. The Morgan fingerprint density at radius 3 is 2.06 bits per heavy atom. The Hall–Kier alpha value is -6.39. The number of hydrogen-bond donors (Lipinski definition) is 0. The highest BCUT2D eigenvalue weighted by atomic mass is 16.3. The number of para-hydroxylation sites is 1. The lowest BCUT2D eigenvalue weighted by molar-refractivity contribution is 0.669. The maximum atomic E-state index is 9.28. The first-order chi connectivity index (χ1) is 30.9. The molecule has 1 aliphatic carbocycles. The van der Waals surface area contributed by atoms with E-state index in [4.69, 9.17) is 32.2 Å². The first-order valence-corrected chi connectivity index (χ1v) is 15.3. The van der Waals surface area contributed by atoms with Crippen LogP contribution in [0.5, 0.6) is 0 Å².